The van der Waals surface area contributed by atoms with E-state index in [2.05, 4.69) is 9.84 Å². The smallest absolute Gasteiger partial charge is 0.507 e. The fourth-order valence-electron chi connectivity index (χ4n) is 3.75. The molecule has 0 spiro atoms. The van der Waals surface area contributed by atoms with Gasteiger partial charge in [-0.1, -0.05) is 0 Å². The summed E-state index contributed by atoms with van der Waals surface area (Å²) >= 11 is 0. The van der Waals surface area contributed by atoms with Crippen molar-refractivity contribution in [3.05, 3.63) is 57.5 Å². The maximum atomic E-state index is 13.4. The van der Waals surface area contributed by atoms with E-state index in [-0.39, 0.29) is 24.3 Å². The summed E-state index contributed by atoms with van der Waals surface area (Å²) < 4.78 is 49.0. The predicted octanol–water partition coefficient (Wildman–Crippen LogP) is 2.93. The lowest BCUT2D eigenvalue weighted by Gasteiger charge is -2.18. The van der Waals surface area contributed by atoms with Gasteiger partial charge in [0.15, 0.2) is 0 Å². The van der Waals surface area contributed by atoms with Crippen LogP contribution < -0.4 is 10.3 Å². The molecule has 0 bridgehead atoms. The number of aryl methyl sites for hydroxylation is 2. The van der Waals surface area contributed by atoms with Crippen LogP contribution in [-0.4, -0.2) is 38.4 Å². The maximum Gasteiger partial charge on any atom is 0.573 e. The Morgan fingerprint density at radius 1 is 1.19 bits per heavy atom. The zero-order valence-corrected chi connectivity index (χ0v) is 16.4. The SMILES string of the molecule is Cc1nn(C)c2c1c1c(c(=O)n2-c2ccc(OC(F)(F)F)cc2)/C(O)=C\C(=O)OCC1. The number of alkyl halides is 3. The number of carbonyl (C=O) groups is 1. The van der Waals surface area contributed by atoms with E-state index in [1.807, 2.05) is 0 Å². The molecule has 1 aliphatic heterocycles. The van der Waals surface area contributed by atoms with Gasteiger partial charge in [0.1, 0.15) is 17.2 Å². The zero-order valence-electron chi connectivity index (χ0n) is 16.4. The number of rotatable bonds is 2. The molecular formula is C20H16F3N3O5. The van der Waals surface area contributed by atoms with Gasteiger partial charge in [0.05, 0.1) is 29.6 Å². The summed E-state index contributed by atoms with van der Waals surface area (Å²) in [5, 5.41) is 15.4. The van der Waals surface area contributed by atoms with Gasteiger partial charge in [-0.25, -0.2) is 4.79 Å². The van der Waals surface area contributed by atoms with Gasteiger partial charge in [-0.3, -0.25) is 14.0 Å². The van der Waals surface area contributed by atoms with Gasteiger partial charge in [-0.05, 0) is 36.8 Å². The van der Waals surface area contributed by atoms with E-state index in [0.29, 0.717) is 22.3 Å². The molecule has 11 heteroatoms. The molecule has 1 aromatic carbocycles. The molecule has 0 saturated carbocycles. The van der Waals surface area contributed by atoms with Gasteiger partial charge in [0, 0.05) is 18.9 Å². The normalized spacial score (nSPS) is 16.2. The zero-order chi connectivity index (χ0) is 22.5. The van der Waals surface area contributed by atoms with Crippen LogP contribution in [0, 0.1) is 6.92 Å². The minimum absolute atomic E-state index is 0.00593. The highest BCUT2D eigenvalue weighted by molar-refractivity contribution is 5.94. The first-order chi connectivity index (χ1) is 14.6. The molecule has 3 aromatic rings. The molecule has 0 amide bonds. The van der Waals surface area contributed by atoms with Crippen LogP contribution in [0.5, 0.6) is 5.75 Å². The van der Waals surface area contributed by atoms with Gasteiger partial charge in [0.2, 0.25) is 0 Å². The van der Waals surface area contributed by atoms with Gasteiger partial charge >= 0.3 is 12.3 Å². The Morgan fingerprint density at radius 2 is 1.87 bits per heavy atom. The third kappa shape index (κ3) is 3.62. The first-order valence-electron chi connectivity index (χ1n) is 9.12. The molecule has 1 aliphatic rings. The van der Waals surface area contributed by atoms with Crippen LogP contribution in [0.3, 0.4) is 0 Å². The average Bonchev–Trinajstić information content (AvgIpc) is 2.94. The second-order valence-electron chi connectivity index (χ2n) is 6.89. The second kappa shape index (κ2) is 7.18. The van der Waals surface area contributed by atoms with Crippen molar-refractivity contribution in [3.8, 4) is 11.4 Å². The molecular weight excluding hydrogens is 419 g/mol. The Labute approximate surface area is 172 Å². The largest absolute Gasteiger partial charge is 0.573 e. The number of aliphatic hydroxyl groups excluding tert-OH is 1. The summed E-state index contributed by atoms with van der Waals surface area (Å²) in [6, 6.07) is 4.73. The van der Waals surface area contributed by atoms with Crippen molar-refractivity contribution < 1.29 is 32.5 Å². The fraction of sp³-hybridized carbons (Fsp3) is 0.250. The molecule has 4 rings (SSSR count). The number of fused-ring (bicyclic) bond motifs is 3. The average molecular weight is 435 g/mol. The molecule has 0 radical (unpaired) electrons. The van der Waals surface area contributed by atoms with Crippen LogP contribution in [0.4, 0.5) is 13.2 Å². The van der Waals surface area contributed by atoms with Crippen molar-refractivity contribution in [1.82, 2.24) is 14.3 Å². The fourth-order valence-corrected chi connectivity index (χ4v) is 3.75. The van der Waals surface area contributed by atoms with Crippen molar-refractivity contribution in [1.29, 1.82) is 0 Å². The number of nitrogens with zero attached hydrogens (tertiary/aromatic N) is 3. The third-order valence-corrected chi connectivity index (χ3v) is 4.86. The molecule has 31 heavy (non-hydrogen) atoms. The van der Waals surface area contributed by atoms with Crippen molar-refractivity contribution in [2.24, 2.45) is 7.05 Å². The quantitative estimate of drug-likeness (QED) is 0.622. The molecule has 0 atom stereocenters. The van der Waals surface area contributed by atoms with E-state index in [0.717, 1.165) is 18.2 Å². The number of aromatic nitrogens is 3. The Bertz CT molecular complexity index is 1290. The molecule has 0 fully saturated rings. The van der Waals surface area contributed by atoms with E-state index in [9.17, 15) is 27.9 Å². The Hall–Kier alpha value is -3.76. The lowest BCUT2D eigenvalue weighted by atomic mass is 9.99. The van der Waals surface area contributed by atoms with Gasteiger partial charge in [-0.2, -0.15) is 5.10 Å². The van der Waals surface area contributed by atoms with Crippen LogP contribution in [-0.2, 0) is 23.0 Å². The molecule has 0 unspecified atom stereocenters. The monoisotopic (exact) mass is 435 g/mol. The van der Waals surface area contributed by atoms with Crippen molar-refractivity contribution >= 4 is 22.8 Å². The number of ether oxygens (including phenoxy) is 2. The van der Waals surface area contributed by atoms with Gasteiger partial charge < -0.3 is 14.6 Å². The summed E-state index contributed by atoms with van der Waals surface area (Å²) in [6.45, 7) is 1.73. The van der Waals surface area contributed by atoms with E-state index in [4.69, 9.17) is 4.74 Å². The lowest BCUT2D eigenvalue weighted by Crippen LogP contribution is -2.27. The number of hydrogen-bond acceptors (Lipinski definition) is 6. The molecule has 0 aliphatic carbocycles. The number of hydrogen-bond donors (Lipinski definition) is 1. The molecule has 162 valence electrons. The summed E-state index contributed by atoms with van der Waals surface area (Å²) in [5.41, 5.74) is 0.909. The molecule has 8 nitrogen and oxygen atoms in total. The lowest BCUT2D eigenvalue weighted by molar-refractivity contribution is -0.274. The van der Waals surface area contributed by atoms with E-state index in [1.54, 1.807) is 14.0 Å². The van der Waals surface area contributed by atoms with Gasteiger partial charge in [-0.15, -0.1) is 13.2 Å². The molecule has 2 aromatic heterocycles. The molecule has 0 saturated heterocycles. The van der Waals surface area contributed by atoms with Gasteiger partial charge in [0.25, 0.3) is 5.56 Å². The summed E-state index contributed by atoms with van der Waals surface area (Å²) in [6.07, 6.45) is -3.85. The number of benzene rings is 1. The summed E-state index contributed by atoms with van der Waals surface area (Å²) in [4.78, 5) is 25.2. The molecule has 1 N–H and O–H groups in total. The highest BCUT2D eigenvalue weighted by Gasteiger charge is 2.31. The number of cyclic esters (lactones) is 1. The number of carbonyl (C=O) groups excluding carboxylic acids is 1. The highest BCUT2D eigenvalue weighted by atomic mass is 19.4. The van der Waals surface area contributed by atoms with Crippen molar-refractivity contribution in [3.63, 3.8) is 0 Å². The number of aliphatic hydroxyl groups is 1. The predicted molar refractivity (Wildman–Crippen MR) is 103 cm³/mol. The second-order valence-corrected chi connectivity index (χ2v) is 6.89. The van der Waals surface area contributed by atoms with Crippen LogP contribution >= 0.6 is 0 Å². The van der Waals surface area contributed by atoms with Crippen LogP contribution in [0.15, 0.2) is 35.1 Å². The van der Waals surface area contributed by atoms with E-state index in [1.165, 1.54) is 21.4 Å². The van der Waals surface area contributed by atoms with E-state index >= 15 is 0 Å². The minimum atomic E-state index is -4.85. The number of esters is 1. The van der Waals surface area contributed by atoms with Crippen LogP contribution in [0.25, 0.3) is 22.5 Å². The highest BCUT2D eigenvalue weighted by Crippen LogP contribution is 2.30. The standard InChI is InChI=1S/C20H16F3N3O5/c1-10-16-13-7-8-30-15(28)9-14(27)17(13)19(29)26(18(16)25(2)24-10)11-3-5-12(6-4-11)31-20(21,22)23/h3-6,9,27H,7-8H2,1-2H3/b14-9+. The van der Waals surface area contributed by atoms with Crippen molar-refractivity contribution in [2.45, 2.75) is 19.7 Å². The first kappa shape index (κ1) is 20.5. The number of halogens is 3. The van der Waals surface area contributed by atoms with Crippen LogP contribution in [0.1, 0.15) is 16.8 Å². The summed E-state index contributed by atoms with van der Waals surface area (Å²) in [7, 11) is 1.62. The Morgan fingerprint density at radius 3 is 2.52 bits per heavy atom. The van der Waals surface area contributed by atoms with Crippen molar-refractivity contribution in [2.75, 3.05) is 6.61 Å². The summed E-state index contributed by atoms with van der Waals surface area (Å²) in [5.74, 6) is -1.79. The Kier molecular flexibility index (Phi) is 4.75. The minimum Gasteiger partial charge on any atom is -0.507 e. The molecule has 3 heterocycles. The Balaban J connectivity index is 2.02. The maximum absolute atomic E-state index is 13.4. The number of pyridine rings is 1. The van der Waals surface area contributed by atoms with E-state index < -0.39 is 29.4 Å². The van der Waals surface area contributed by atoms with Crippen LogP contribution in [0.2, 0.25) is 0 Å². The first-order valence-corrected chi connectivity index (χ1v) is 9.12. The topological polar surface area (TPSA) is 95.6 Å². The third-order valence-electron chi connectivity index (χ3n) is 4.86.